The third-order valence-corrected chi connectivity index (χ3v) is 4.74. The summed E-state index contributed by atoms with van der Waals surface area (Å²) >= 11 is 0. The molecular weight excluding hydrogens is 324 g/mol. The average Bonchev–Trinajstić information content (AvgIpc) is 2.65. The molecule has 0 aromatic heterocycles. The lowest BCUT2D eigenvalue weighted by molar-refractivity contribution is -0.122. The van der Waals surface area contributed by atoms with Crippen LogP contribution in [-0.2, 0) is 4.79 Å². The van der Waals surface area contributed by atoms with Gasteiger partial charge in [0.2, 0.25) is 0 Å². The molecule has 132 valence electrons. The predicted octanol–water partition coefficient (Wildman–Crippen LogP) is 4.46. The first kappa shape index (κ1) is 16.5. The van der Waals surface area contributed by atoms with E-state index in [0.717, 1.165) is 27.9 Å². The molecule has 3 aromatic carbocycles. The Morgan fingerprint density at radius 1 is 0.962 bits per heavy atom. The minimum absolute atomic E-state index is 0.0534. The lowest BCUT2D eigenvalue weighted by Gasteiger charge is -2.39. The Morgan fingerprint density at radius 3 is 2.58 bits per heavy atom. The molecular formula is C22H22N2O2. The van der Waals surface area contributed by atoms with Crippen molar-refractivity contribution in [3.05, 3.63) is 66.7 Å². The fourth-order valence-corrected chi connectivity index (χ4v) is 3.44. The van der Waals surface area contributed by atoms with Gasteiger partial charge in [0.25, 0.3) is 5.91 Å². The molecule has 3 aromatic rings. The molecule has 0 aliphatic carbocycles. The summed E-state index contributed by atoms with van der Waals surface area (Å²) in [5, 5.41) is 5.55. The lowest BCUT2D eigenvalue weighted by atomic mass is 9.98. The van der Waals surface area contributed by atoms with Crippen LogP contribution in [-0.4, -0.2) is 24.6 Å². The standard InChI is InChI=1S/C22H22N2O2/c1-22(2)21(25)24(19-12-6-5-11-18(19)23-22)14-15-26-20-13-7-9-16-8-3-4-10-17(16)20/h3-13,23H,14-15H2,1-2H3. The summed E-state index contributed by atoms with van der Waals surface area (Å²) in [6.07, 6.45) is 0. The molecule has 1 aliphatic rings. The van der Waals surface area contributed by atoms with Crippen molar-refractivity contribution in [3.8, 4) is 5.75 Å². The second-order valence-corrected chi connectivity index (χ2v) is 7.05. The fourth-order valence-electron chi connectivity index (χ4n) is 3.44. The molecule has 4 rings (SSSR count). The van der Waals surface area contributed by atoms with Gasteiger partial charge in [0.15, 0.2) is 0 Å². The number of rotatable bonds is 4. The number of fused-ring (bicyclic) bond motifs is 2. The summed E-state index contributed by atoms with van der Waals surface area (Å²) in [6.45, 7) is 4.75. The van der Waals surface area contributed by atoms with Crippen molar-refractivity contribution in [3.63, 3.8) is 0 Å². The van der Waals surface area contributed by atoms with Gasteiger partial charge in [-0.15, -0.1) is 0 Å². The van der Waals surface area contributed by atoms with Crippen LogP contribution in [0, 0.1) is 0 Å². The van der Waals surface area contributed by atoms with Crippen molar-refractivity contribution < 1.29 is 9.53 Å². The molecule has 0 saturated carbocycles. The quantitative estimate of drug-likeness (QED) is 0.758. The second kappa shape index (κ2) is 6.37. The first-order chi connectivity index (χ1) is 12.6. The zero-order chi connectivity index (χ0) is 18.1. The van der Waals surface area contributed by atoms with Gasteiger partial charge < -0.3 is 15.0 Å². The number of para-hydroxylation sites is 2. The van der Waals surface area contributed by atoms with Crippen molar-refractivity contribution >= 4 is 28.1 Å². The lowest BCUT2D eigenvalue weighted by Crippen LogP contribution is -2.54. The number of carbonyl (C=O) groups excluding carboxylic acids is 1. The Balaban J connectivity index is 1.55. The summed E-state index contributed by atoms with van der Waals surface area (Å²) in [5.74, 6) is 0.899. The maximum absolute atomic E-state index is 12.9. The van der Waals surface area contributed by atoms with Crippen LogP contribution in [0.5, 0.6) is 5.75 Å². The van der Waals surface area contributed by atoms with Gasteiger partial charge >= 0.3 is 0 Å². The maximum atomic E-state index is 12.9. The molecule has 4 heteroatoms. The van der Waals surface area contributed by atoms with Crippen LogP contribution in [0.25, 0.3) is 10.8 Å². The summed E-state index contributed by atoms with van der Waals surface area (Å²) in [5.41, 5.74) is 1.24. The van der Waals surface area contributed by atoms with Crippen LogP contribution in [0.2, 0.25) is 0 Å². The second-order valence-electron chi connectivity index (χ2n) is 7.05. The van der Waals surface area contributed by atoms with Crippen LogP contribution in [0.15, 0.2) is 66.7 Å². The third kappa shape index (κ3) is 2.88. The Bertz CT molecular complexity index is 960. The summed E-state index contributed by atoms with van der Waals surface area (Å²) < 4.78 is 6.04. The third-order valence-electron chi connectivity index (χ3n) is 4.74. The Hall–Kier alpha value is -3.01. The van der Waals surface area contributed by atoms with Gasteiger partial charge in [-0.3, -0.25) is 4.79 Å². The van der Waals surface area contributed by atoms with Crippen molar-refractivity contribution in [2.24, 2.45) is 0 Å². The van der Waals surface area contributed by atoms with E-state index in [9.17, 15) is 4.79 Å². The molecule has 0 radical (unpaired) electrons. The first-order valence-electron chi connectivity index (χ1n) is 8.86. The smallest absolute Gasteiger partial charge is 0.252 e. The molecule has 0 spiro atoms. The predicted molar refractivity (Wildman–Crippen MR) is 106 cm³/mol. The molecule has 4 nitrogen and oxygen atoms in total. The summed E-state index contributed by atoms with van der Waals surface area (Å²) in [4.78, 5) is 14.7. The van der Waals surface area contributed by atoms with Crippen LogP contribution < -0.4 is 15.0 Å². The van der Waals surface area contributed by atoms with Gasteiger partial charge in [-0.25, -0.2) is 0 Å². The van der Waals surface area contributed by atoms with Crippen LogP contribution in [0.4, 0.5) is 11.4 Å². The van der Waals surface area contributed by atoms with Gasteiger partial charge in [-0.1, -0.05) is 48.5 Å². The number of nitrogens with zero attached hydrogens (tertiary/aromatic N) is 1. The molecule has 1 aliphatic heterocycles. The van der Waals surface area contributed by atoms with E-state index >= 15 is 0 Å². The number of nitrogens with one attached hydrogen (secondary N) is 1. The van der Waals surface area contributed by atoms with Crippen LogP contribution in [0.3, 0.4) is 0 Å². The number of hydrogen-bond donors (Lipinski definition) is 1. The van der Waals surface area contributed by atoms with Gasteiger partial charge in [0, 0.05) is 5.39 Å². The molecule has 1 heterocycles. The monoisotopic (exact) mass is 346 g/mol. The van der Waals surface area contributed by atoms with Crippen molar-refractivity contribution in [2.75, 3.05) is 23.4 Å². The van der Waals surface area contributed by atoms with Crippen LogP contribution >= 0.6 is 0 Å². The number of hydrogen-bond acceptors (Lipinski definition) is 3. The van der Waals surface area contributed by atoms with E-state index < -0.39 is 5.54 Å². The number of benzene rings is 3. The highest BCUT2D eigenvalue weighted by atomic mass is 16.5. The van der Waals surface area contributed by atoms with Gasteiger partial charge in [-0.2, -0.15) is 0 Å². The van der Waals surface area contributed by atoms with Crippen molar-refractivity contribution in [1.82, 2.24) is 0 Å². The van der Waals surface area contributed by atoms with E-state index in [-0.39, 0.29) is 5.91 Å². The highest BCUT2D eigenvalue weighted by molar-refractivity contribution is 6.07. The molecule has 0 unspecified atom stereocenters. The number of carbonyl (C=O) groups is 1. The highest BCUT2D eigenvalue weighted by Crippen LogP contribution is 2.35. The molecule has 0 atom stereocenters. The van der Waals surface area contributed by atoms with E-state index in [1.165, 1.54) is 0 Å². The SMILES string of the molecule is CC1(C)Nc2ccccc2N(CCOc2cccc3ccccc23)C1=O. The molecule has 1 amide bonds. The summed E-state index contributed by atoms with van der Waals surface area (Å²) in [6, 6.07) is 22.1. The summed E-state index contributed by atoms with van der Waals surface area (Å²) in [7, 11) is 0. The van der Waals surface area contributed by atoms with Gasteiger partial charge in [0.05, 0.1) is 17.9 Å². The molecule has 0 fully saturated rings. The van der Waals surface area contributed by atoms with Gasteiger partial charge in [0.1, 0.15) is 17.9 Å². The largest absolute Gasteiger partial charge is 0.491 e. The average molecular weight is 346 g/mol. The zero-order valence-corrected chi connectivity index (χ0v) is 15.0. The Labute approximate surface area is 153 Å². The Kier molecular flexibility index (Phi) is 4.03. The van der Waals surface area contributed by atoms with Crippen LogP contribution in [0.1, 0.15) is 13.8 Å². The zero-order valence-electron chi connectivity index (χ0n) is 15.0. The van der Waals surface area contributed by atoms with Crippen molar-refractivity contribution in [1.29, 1.82) is 0 Å². The minimum Gasteiger partial charge on any atom is -0.491 e. The number of ether oxygens (including phenoxy) is 1. The van der Waals surface area contributed by atoms with E-state index in [2.05, 4.69) is 23.5 Å². The van der Waals surface area contributed by atoms with Crippen molar-refractivity contribution in [2.45, 2.75) is 19.4 Å². The molecule has 0 bridgehead atoms. The minimum atomic E-state index is -0.631. The van der Waals surface area contributed by atoms with E-state index in [0.29, 0.717) is 13.2 Å². The van der Waals surface area contributed by atoms with E-state index in [1.54, 1.807) is 0 Å². The maximum Gasteiger partial charge on any atom is 0.252 e. The van der Waals surface area contributed by atoms with Gasteiger partial charge in [-0.05, 0) is 37.4 Å². The first-order valence-corrected chi connectivity index (χ1v) is 8.86. The molecule has 1 N–H and O–H groups in total. The highest BCUT2D eigenvalue weighted by Gasteiger charge is 2.38. The number of amides is 1. The Morgan fingerprint density at radius 2 is 1.69 bits per heavy atom. The topological polar surface area (TPSA) is 41.6 Å². The number of anilines is 2. The molecule has 26 heavy (non-hydrogen) atoms. The van der Waals surface area contributed by atoms with E-state index in [4.69, 9.17) is 4.74 Å². The fraction of sp³-hybridized carbons (Fsp3) is 0.227. The molecule has 0 saturated heterocycles. The van der Waals surface area contributed by atoms with E-state index in [1.807, 2.05) is 67.3 Å². The normalized spacial score (nSPS) is 15.5.